The van der Waals surface area contributed by atoms with Crippen LogP contribution in [0.4, 0.5) is 5.69 Å². The van der Waals surface area contributed by atoms with Crippen molar-refractivity contribution in [3.8, 4) is 0 Å². The predicted octanol–water partition coefficient (Wildman–Crippen LogP) is 3.22. The number of anilines is 1. The lowest BCUT2D eigenvalue weighted by Gasteiger charge is -2.16. The molecular weight excluding hydrogens is 332 g/mol. The van der Waals surface area contributed by atoms with E-state index in [2.05, 4.69) is 12.2 Å². The molecule has 0 bridgehead atoms. The van der Waals surface area contributed by atoms with Crippen LogP contribution in [0.1, 0.15) is 35.9 Å². The number of benzene rings is 1. The van der Waals surface area contributed by atoms with Gasteiger partial charge in [0.25, 0.3) is 5.91 Å². The van der Waals surface area contributed by atoms with Crippen molar-refractivity contribution in [3.63, 3.8) is 0 Å². The van der Waals surface area contributed by atoms with E-state index in [9.17, 15) is 13.2 Å². The van der Waals surface area contributed by atoms with Gasteiger partial charge in [-0.05, 0) is 36.1 Å². The summed E-state index contributed by atoms with van der Waals surface area (Å²) < 4.78 is 25.4. The number of nitrogens with zero attached hydrogens (tertiary/aromatic N) is 1. The van der Waals surface area contributed by atoms with Gasteiger partial charge in [-0.25, -0.2) is 8.42 Å². The van der Waals surface area contributed by atoms with Crippen molar-refractivity contribution in [2.75, 3.05) is 24.2 Å². The summed E-state index contributed by atoms with van der Waals surface area (Å²) in [4.78, 5) is 12.8. The third kappa shape index (κ3) is 4.45. The fourth-order valence-electron chi connectivity index (χ4n) is 2.19. The highest BCUT2D eigenvalue weighted by molar-refractivity contribution is 7.92. The summed E-state index contributed by atoms with van der Waals surface area (Å²) in [7, 11) is -1.78. The van der Waals surface area contributed by atoms with Gasteiger partial charge >= 0.3 is 0 Å². The molecule has 126 valence electrons. The SMILES string of the molecule is CCCCCNC(=O)c1cc2cc(N(C)S(C)(=O)=O)ccc2s1. The molecule has 0 saturated heterocycles. The summed E-state index contributed by atoms with van der Waals surface area (Å²) in [6.07, 6.45) is 4.37. The lowest BCUT2D eigenvalue weighted by Crippen LogP contribution is -2.24. The van der Waals surface area contributed by atoms with Crippen LogP contribution in [0.5, 0.6) is 0 Å². The molecule has 0 aliphatic rings. The predicted molar refractivity (Wildman–Crippen MR) is 96.9 cm³/mol. The quantitative estimate of drug-likeness (QED) is 0.776. The standard InChI is InChI=1S/C16H22N2O3S2/c1-4-5-6-9-17-16(19)15-11-12-10-13(7-8-14(12)22-15)18(2)23(3,20)21/h7-8,10-11H,4-6,9H2,1-3H3,(H,17,19). The second-order valence-corrected chi connectivity index (χ2v) is 8.62. The molecular formula is C16H22N2O3S2. The van der Waals surface area contributed by atoms with Gasteiger partial charge in [0.05, 0.1) is 16.8 Å². The Morgan fingerprint density at radius 1 is 1.26 bits per heavy atom. The van der Waals surface area contributed by atoms with Crippen LogP contribution < -0.4 is 9.62 Å². The molecule has 1 aromatic heterocycles. The summed E-state index contributed by atoms with van der Waals surface area (Å²) in [6, 6.07) is 7.21. The second kappa shape index (κ2) is 7.31. The molecule has 0 radical (unpaired) electrons. The molecule has 23 heavy (non-hydrogen) atoms. The number of hydrogen-bond donors (Lipinski definition) is 1. The Labute approximate surface area is 141 Å². The van der Waals surface area contributed by atoms with E-state index in [1.807, 2.05) is 12.1 Å². The van der Waals surface area contributed by atoms with Gasteiger partial charge in [0.2, 0.25) is 10.0 Å². The minimum Gasteiger partial charge on any atom is -0.351 e. The zero-order valence-corrected chi connectivity index (χ0v) is 15.3. The van der Waals surface area contributed by atoms with Crippen molar-refractivity contribution in [2.45, 2.75) is 26.2 Å². The second-order valence-electron chi connectivity index (χ2n) is 5.53. The molecule has 0 aliphatic heterocycles. The van der Waals surface area contributed by atoms with Crippen molar-refractivity contribution in [1.29, 1.82) is 0 Å². The number of unbranched alkanes of at least 4 members (excludes halogenated alkanes) is 2. The Balaban J connectivity index is 2.17. The van der Waals surface area contributed by atoms with Crippen LogP contribution in [0, 0.1) is 0 Å². The highest BCUT2D eigenvalue weighted by atomic mass is 32.2. The zero-order chi connectivity index (χ0) is 17.0. The molecule has 2 aromatic rings. The Morgan fingerprint density at radius 3 is 2.65 bits per heavy atom. The minimum absolute atomic E-state index is 0.0691. The van der Waals surface area contributed by atoms with Gasteiger partial charge in [0.1, 0.15) is 0 Å². The molecule has 1 aromatic carbocycles. The molecule has 5 nitrogen and oxygen atoms in total. The van der Waals surface area contributed by atoms with E-state index in [1.165, 1.54) is 28.9 Å². The lowest BCUT2D eigenvalue weighted by molar-refractivity contribution is 0.0957. The number of carbonyl (C=O) groups excluding carboxylic acids is 1. The molecule has 0 unspecified atom stereocenters. The number of nitrogens with one attached hydrogen (secondary N) is 1. The smallest absolute Gasteiger partial charge is 0.261 e. The third-order valence-electron chi connectivity index (χ3n) is 3.65. The van der Waals surface area contributed by atoms with Crippen LogP contribution in [-0.2, 0) is 10.0 Å². The molecule has 0 saturated carbocycles. The average Bonchev–Trinajstić information content (AvgIpc) is 2.92. The first-order valence-corrected chi connectivity index (χ1v) is 10.2. The third-order valence-corrected chi connectivity index (χ3v) is 5.97. The number of carbonyl (C=O) groups is 1. The molecule has 1 heterocycles. The van der Waals surface area contributed by atoms with Crippen LogP contribution in [0.3, 0.4) is 0 Å². The molecule has 1 amide bonds. The normalized spacial score (nSPS) is 11.6. The van der Waals surface area contributed by atoms with Gasteiger partial charge in [-0.3, -0.25) is 9.10 Å². The number of sulfonamides is 1. The summed E-state index contributed by atoms with van der Waals surface area (Å²) in [5.41, 5.74) is 0.590. The topological polar surface area (TPSA) is 66.5 Å². The largest absolute Gasteiger partial charge is 0.351 e. The Kier molecular flexibility index (Phi) is 5.64. The molecule has 7 heteroatoms. The van der Waals surface area contributed by atoms with Crippen LogP contribution in [0.25, 0.3) is 10.1 Å². The molecule has 0 aliphatic carbocycles. The number of amides is 1. The fourth-order valence-corrected chi connectivity index (χ4v) is 3.65. The van der Waals surface area contributed by atoms with Crippen LogP contribution in [0.2, 0.25) is 0 Å². The number of thiophene rings is 1. The summed E-state index contributed by atoms with van der Waals surface area (Å²) in [6.45, 7) is 2.81. The number of fused-ring (bicyclic) bond motifs is 1. The molecule has 0 spiro atoms. The van der Waals surface area contributed by atoms with E-state index < -0.39 is 10.0 Å². The van der Waals surface area contributed by atoms with Gasteiger partial charge in [0, 0.05) is 18.3 Å². The van der Waals surface area contributed by atoms with Gasteiger partial charge in [-0.2, -0.15) is 0 Å². The van der Waals surface area contributed by atoms with Crippen LogP contribution in [-0.4, -0.2) is 34.2 Å². The first-order valence-electron chi connectivity index (χ1n) is 7.58. The maximum atomic E-state index is 12.1. The van der Waals surface area contributed by atoms with Crippen LogP contribution in [0.15, 0.2) is 24.3 Å². The summed E-state index contributed by atoms with van der Waals surface area (Å²) in [5.74, 6) is -0.0691. The van der Waals surface area contributed by atoms with Crippen molar-refractivity contribution in [2.24, 2.45) is 0 Å². The Bertz CT molecular complexity index is 797. The summed E-state index contributed by atoms with van der Waals surface area (Å²) >= 11 is 1.42. The first kappa shape index (κ1) is 17.7. The molecule has 0 fully saturated rings. The Hall–Kier alpha value is -1.60. The van der Waals surface area contributed by atoms with Crippen molar-refractivity contribution in [3.05, 3.63) is 29.1 Å². The summed E-state index contributed by atoms with van der Waals surface area (Å²) in [5, 5.41) is 3.80. The van der Waals surface area contributed by atoms with E-state index >= 15 is 0 Å². The highest BCUT2D eigenvalue weighted by Crippen LogP contribution is 2.29. The first-order chi connectivity index (χ1) is 10.8. The van der Waals surface area contributed by atoms with E-state index in [1.54, 1.807) is 12.1 Å². The van der Waals surface area contributed by atoms with Gasteiger partial charge in [-0.15, -0.1) is 11.3 Å². The molecule has 2 rings (SSSR count). The van der Waals surface area contributed by atoms with Gasteiger partial charge in [-0.1, -0.05) is 19.8 Å². The number of rotatable bonds is 7. The minimum atomic E-state index is -3.29. The van der Waals surface area contributed by atoms with E-state index in [0.29, 0.717) is 17.1 Å². The van der Waals surface area contributed by atoms with E-state index in [4.69, 9.17) is 0 Å². The van der Waals surface area contributed by atoms with E-state index in [0.717, 1.165) is 29.3 Å². The lowest BCUT2D eigenvalue weighted by atomic mass is 10.2. The van der Waals surface area contributed by atoms with Crippen molar-refractivity contribution >= 4 is 43.0 Å². The van der Waals surface area contributed by atoms with Gasteiger partial charge in [0.15, 0.2) is 0 Å². The van der Waals surface area contributed by atoms with Crippen molar-refractivity contribution in [1.82, 2.24) is 5.32 Å². The number of hydrogen-bond acceptors (Lipinski definition) is 4. The maximum Gasteiger partial charge on any atom is 0.261 e. The Morgan fingerprint density at radius 2 is 2.00 bits per heavy atom. The highest BCUT2D eigenvalue weighted by Gasteiger charge is 2.14. The van der Waals surface area contributed by atoms with Crippen LogP contribution >= 0.6 is 11.3 Å². The fraction of sp³-hybridized carbons (Fsp3) is 0.438. The average molecular weight is 354 g/mol. The van der Waals surface area contributed by atoms with Crippen molar-refractivity contribution < 1.29 is 13.2 Å². The molecule has 1 N–H and O–H groups in total. The van der Waals surface area contributed by atoms with E-state index in [-0.39, 0.29) is 5.91 Å². The van der Waals surface area contributed by atoms with Gasteiger partial charge < -0.3 is 5.32 Å². The maximum absolute atomic E-state index is 12.1. The zero-order valence-electron chi connectivity index (χ0n) is 13.6. The monoisotopic (exact) mass is 354 g/mol. The molecule has 0 atom stereocenters.